The third kappa shape index (κ3) is 4.76. The third-order valence-electron chi connectivity index (χ3n) is 4.16. The van der Waals surface area contributed by atoms with Crippen LogP contribution in [0.15, 0.2) is 48.5 Å². The molecule has 1 atom stereocenters. The number of amides is 2. The molecule has 0 aromatic heterocycles. The van der Waals surface area contributed by atoms with Gasteiger partial charge in [0.15, 0.2) is 11.6 Å². The standard InChI is InChI=1S/C19H20F2N2O2/c20-17-9-8-14(11-18(17)21)13-25-16-7-4-10-23(12-16)19(24)22-15-5-2-1-3-6-15/h1-3,5-6,8-9,11,16H,4,7,10,12-13H2,(H,22,24). The number of benzene rings is 2. The number of hydrogen-bond donors (Lipinski definition) is 1. The zero-order chi connectivity index (χ0) is 17.6. The van der Waals surface area contributed by atoms with Gasteiger partial charge < -0.3 is 15.0 Å². The molecule has 2 aromatic carbocycles. The highest BCUT2D eigenvalue weighted by molar-refractivity contribution is 5.89. The first kappa shape index (κ1) is 17.4. The van der Waals surface area contributed by atoms with Gasteiger partial charge in [0.05, 0.1) is 12.7 Å². The number of nitrogens with one attached hydrogen (secondary N) is 1. The van der Waals surface area contributed by atoms with Crippen LogP contribution in [0.25, 0.3) is 0 Å². The van der Waals surface area contributed by atoms with Gasteiger partial charge >= 0.3 is 6.03 Å². The van der Waals surface area contributed by atoms with Crippen molar-refractivity contribution in [3.63, 3.8) is 0 Å². The van der Waals surface area contributed by atoms with E-state index >= 15 is 0 Å². The van der Waals surface area contributed by atoms with Crippen LogP contribution >= 0.6 is 0 Å². The van der Waals surface area contributed by atoms with Crippen molar-refractivity contribution in [3.8, 4) is 0 Å². The summed E-state index contributed by atoms with van der Waals surface area (Å²) in [6.45, 7) is 1.34. The lowest BCUT2D eigenvalue weighted by Gasteiger charge is -2.32. The van der Waals surface area contributed by atoms with E-state index in [0.717, 1.165) is 30.7 Å². The minimum absolute atomic E-state index is 0.122. The van der Waals surface area contributed by atoms with E-state index in [9.17, 15) is 13.6 Å². The first-order valence-corrected chi connectivity index (χ1v) is 8.28. The highest BCUT2D eigenvalue weighted by Crippen LogP contribution is 2.17. The maximum absolute atomic E-state index is 13.2. The summed E-state index contributed by atoms with van der Waals surface area (Å²) in [5.41, 5.74) is 1.32. The quantitative estimate of drug-likeness (QED) is 0.902. The zero-order valence-corrected chi connectivity index (χ0v) is 13.8. The van der Waals surface area contributed by atoms with Gasteiger partial charge in [-0.3, -0.25) is 0 Å². The summed E-state index contributed by atoms with van der Waals surface area (Å²) < 4.78 is 32.0. The third-order valence-corrected chi connectivity index (χ3v) is 4.16. The van der Waals surface area contributed by atoms with Crippen LogP contribution in [0.3, 0.4) is 0 Å². The number of nitrogens with zero attached hydrogens (tertiary/aromatic N) is 1. The van der Waals surface area contributed by atoms with Crippen LogP contribution in [0.4, 0.5) is 19.3 Å². The fourth-order valence-electron chi connectivity index (χ4n) is 2.83. The molecule has 3 rings (SSSR count). The van der Waals surface area contributed by atoms with Crippen molar-refractivity contribution in [2.45, 2.75) is 25.6 Å². The molecule has 6 heteroatoms. The first-order chi connectivity index (χ1) is 12.1. The number of para-hydroxylation sites is 1. The van der Waals surface area contributed by atoms with Crippen LogP contribution in [0.2, 0.25) is 0 Å². The second kappa shape index (κ2) is 8.07. The predicted molar refractivity (Wildman–Crippen MR) is 91.2 cm³/mol. The van der Waals surface area contributed by atoms with Crippen LogP contribution in [0.5, 0.6) is 0 Å². The average molecular weight is 346 g/mol. The number of likely N-dealkylation sites (tertiary alicyclic amines) is 1. The fourth-order valence-corrected chi connectivity index (χ4v) is 2.83. The van der Waals surface area contributed by atoms with Crippen molar-refractivity contribution in [1.29, 1.82) is 0 Å². The second-order valence-corrected chi connectivity index (χ2v) is 6.07. The van der Waals surface area contributed by atoms with Gasteiger partial charge in [0.25, 0.3) is 0 Å². The Kier molecular flexibility index (Phi) is 5.60. The van der Waals surface area contributed by atoms with E-state index in [0.29, 0.717) is 18.7 Å². The van der Waals surface area contributed by atoms with E-state index in [1.807, 2.05) is 30.3 Å². The molecule has 0 aliphatic carbocycles. The Morgan fingerprint density at radius 3 is 2.72 bits per heavy atom. The van der Waals surface area contributed by atoms with Crippen molar-refractivity contribution >= 4 is 11.7 Å². The molecule has 1 fully saturated rings. The van der Waals surface area contributed by atoms with Gasteiger partial charge in [0.1, 0.15) is 0 Å². The van der Waals surface area contributed by atoms with Crippen molar-refractivity contribution in [1.82, 2.24) is 4.90 Å². The molecule has 0 spiro atoms. The molecule has 4 nitrogen and oxygen atoms in total. The molecule has 1 unspecified atom stereocenters. The van der Waals surface area contributed by atoms with E-state index < -0.39 is 11.6 Å². The predicted octanol–water partition coefficient (Wildman–Crippen LogP) is 4.18. The van der Waals surface area contributed by atoms with E-state index in [1.165, 1.54) is 6.07 Å². The number of carbonyl (C=O) groups is 1. The van der Waals surface area contributed by atoms with Crippen LogP contribution in [-0.4, -0.2) is 30.1 Å². The number of rotatable bonds is 4. The lowest BCUT2D eigenvalue weighted by Crippen LogP contribution is -2.45. The molecule has 1 heterocycles. The molecule has 1 N–H and O–H groups in total. The highest BCUT2D eigenvalue weighted by atomic mass is 19.2. The number of ether oxygens (including phenoxy) is 1. The minimum Gasteiger partial charge on any atom is -0.372 e. The molecule has 25 heavy (non-hydrogen) atoms. The Labute approximate surface area is 145 Å². The second-order valence-electron chi connectivity index (χ2n) is 6.07. The topological polar surface area (TPSA) is 41.6 Å². The summed E-state index contributed by atoms with van der Waals surface area (Å²) in [4.78, 5) is 14.1. The van der Waals surface area contributed by atoms with Crippen LogP contribution in [0, 0.1) is 11.6 Å². The van der Waals surface area contributed by atoms with Gasteiger partial charge in [0.2, 0.25) is 0 Å². The number of hydrogen-bond acceptors (Lipinski definition) is 2. The van der Waals surface area contributed by atoms with E-state index in [4.69, 9.17) is 4.74 Å². The SMILES string of the molecule is O=C(Nc1ccccc1)N1CCCC(OCc2ccc(F)c(F)c2)C1. The molecular formula is C19H20F2N2O2. The number of halogens is 2. The first-order valence-electron chi connectivity index (χ1n) is 8.28. The van der Waals surface area contributed by atoms with E-state index in [1.54, 1.807) is 4.90 Å². The number of carbonyl (C=O) groups excluding carboxylic acids is 1. The Hall–Kier alpha value is -2.47. The van der Waals surface area contributed by atoms with Gasteiger partial charge in [-0.2, -0.15) is 0 Å². The molecule has 2 aromatic rings. The Morgan fingerprint density at radius 1 is 1.16 bits per heavy atom. The lowest BCUT2D eigenvalue weighted by atomic mass is 10.1. The van der Waals surface area contributed by atoms with Gasteiger partial charge in [-0.15, -0.1) is 0 Å². The minimum atomic E-state index is -0.881. The molecule has 1 aliphatic heterocycles. The van der Waals surface area contributed by atoms with Crippen LogP contribution < -0.4 is 5.32 Å². The average Bonchev–Trinajstić information content (AvgIpc) is 2.64. The monoisotopic (exact) mass is 346 g/mol. The smallest absolute Gasteiger partial charge is 0.321 e. The Balaban J connectivity index is 1.52. The van der Waals surface area contributed by atoms with Crippen LogP contribution in [0.1, 0.15) is 18.4 Å². The van der Waals surface area contributed by atoms with Crippen molar-refractivity contribution < 1.29 is 18.3 Å². The molecule has 132 valence electrons. The molecule has 2 amide bonds. The molecule has 0 saturated carbocycles. The van der Waals surface area contributed by atoms with Gasteiger partial charge in [0, 0.05) is 18.8 Å². The number of anilines is 1. The van der Waals surface area contributed by atoms with Gasteiger partial charge in [-0.25, -0.2) is 13.6 Å². The highest BCUT2D eigenvalue weighted by Gasteiger charge is 2.24. The van der Waals surface area contributed by atoms with E-state index in [2.05, 4.69) is 5.32 Å². The zero-order valence-electron chi connectivity index (χ0n) is 13.8. The van der Waals surface area contributed by atoms with Gasteiger partial charge in [-0.05, 0) is 42.7 Å². The van der Waals surface area contributed by atoms with E-state index in [-0.39, 0.29) is 18.7 Å². The summed E-state index contributed by atoms with van der Waals surface area (Å²) in [7, 11) is 0. The number of piperidine rings is 1. The maximum atomic E-state index is 13.2. The fraction of sp³-hybridized carbons (Fsp3) is 0.316. The Bertz CT molecular complexity index is 725. The van der Waals surface area contributed by atoms with Gasteiger partial charge in [-0.1, -0.05) is 24.3 Å². The molecular weight excluding hydrogens is 326 g/mol. The summed E-state index contributed by atoms with van der Waals surface area (Å²) in [6.07, 6.45) is 1.55. The number of urea groups is 1. The Morgan fingerprint density at radius 2 is 1.96 bits per heavy atom. The van der Waals surface area contributed by atoms with Crippen molar-refractivity contribution in [3.05, 3.63) is 65.7 Å². The summed E-state index contributed by atoms with van der Waals surface area (Å²) in [5.74, 6) is -1.75. The molecule has 0 bridgehead atoms. The molecule has 1 aliphatic rings. The summed E-state index contributed by atoms with van der Waals surface area (Å²) >= 11 is 0. The lowest BCUT2D eigenvalue weighted by molar-refractivity contribution is 0.000903. The molecule has 0 radical (unpaired) electrons. The summed E-state index contributed by atoms with van der Waals surface area (Å²) in [5, 5.41) is 2.86. The van der Waals surface area contributed by atoms with Crippen LogP contribution in [-0.2, 0) is 11.3 Å². The summed E-state index contributed by atoms with van der Waals surface area (Å²) in [6, 6.07) is 12.8. The van der Waals surface area contributed by atoms with Crippen molar-refractivity contribution in [2.24, 2.45) is 0 Å². The normalized spacial score (nSPS) is 17.4. The maximum Gasteiger partial charge on any atom is 0.321 e. The van der Waals surface area contributed by atoms with Crippen molar-refractivity contribution in [2.75, 3.05) is 18.4 Å². The molecule has 1 saturated heterocycles. The largest absolute Gasteiger partial charge is 0.372 e.